The van der Waals surface area contributed by atoms with E-state index in [1.54, 1.807) is 0 Å². The van der Waals surface area contributed by atoms with Crippen LogP contribution in [0.2, 0.25) is 0 Å². The summed E-state index contributed by atoms with van der Waals surface area (Å²) >= 11 is 0. The van der Waals surface area contributed by atoms with Gasteiger partial charge in [-0.3, -0.25) is 4.79 Å². The maximum atomic E-state index is 11.8. The van der Waals surface area contributed by atoms with E-state index in [-0.39, 0.29) is 11.8 Å². The molecule has 1 atom stereocenters. The van der Waals surface area contributed by atoms with Crippen molar-refractivity contribution in [3.63, 3.8) is 0 Å². The lowest BCUT2D eigenvalue weighted by atomic mass is 10.1. The molecule has 0 aromatic rings. The molecule has 3 heteroatoms. The number of hydrogen-bond donors (Lipinski definition) is 2. The average Bonchev–Trinajstić information content (AvgIpc) is 3.06. The molecular formula is C19H38N2O. The van der Waals surface area contributed by atoms with E-state index in [1.807, 2.05) is 0 Å². The monoisotopic (exact) mass is 310 g/mol. The van der Waals surface area contributed by atoms with Crippen LogP contribution in [0.15, 0.2) is 0 Å². The minimum atomic E-state index is 0.220. The van der Waals surface area contributed by atoms with Gasteiger partial charge < -0.3 is 10.6 Å². The van der Waals surface area contributed by atoms with Gasteiger partial charge in [0.25, 0.3) is 0 Å². The third kappa shape index (κ3) is 10.2. The smallest absolute Gasteiger partial charge is 0.224 e. The van der Waals surface area contributed by atoms with Crippen LogP contribution in [-0.2, 0) is 4.79 Å². The molecule has 0 unspecified atom stereocenters. The number of carbonyl (C=O) groups excluding carboxylic acids is 1. The van der Waals surface area contributed by atoms with E-state index in [0.717, 1.165) is 32.5 Å². The normalized spacial score (nSPS) is 17.8. The molecule has 0 radical (unpaired) electrons. The highest BCUT2D eigenvalue weighted by molar-refractivity contribution is 5.79. The zero-order valence-electron chi connectivity index (χ0n) is 14.8. The Morgan fingerprint density at radius 3 is 1.95 bits per heavy atom. The predicted molar refractivity (Wildman–Crippen MR) is 95.1 cm³/mol. The Bertz CT molecular complexity index is 262. The number of carbonyl (C=O) groups is 1. The van der Waals surface area contributed by atoms with Crippen molar-refractivity contribution in [1.29, 1.82) is 0 Å². The highest BCUT2D eigenvalue weighted by Crippen LogP contribution is 2.12. The van der Waals surface area contributed by atoms with Crippen molar-refractivity contribution in [3.05, 3.63) is 0 Å². The van der Waals surface area contributed by atoms with Crippen LogP contribution >= 0.6 is 0 Å². The SMILES string of the molecule is CCCCCCCCCCCCCCNC(=O)[C@@H]1CCNC1. The Hall–Kier alpha value is -0.570. The number of hydrogen-bond acceptors (Lipinski definition) is 2. The minimum absolute atomic E-state index is 0.220. The van der Waals surface area contributed by atoms with Gasteiger partial charge in [-0.25, -0.2) is 0 Å². The van der Waals surface area contributed by atoms with Crippen LogP contribution in [-0.4, -0.2) is 25.5 Å². The molecule has 3 nitrogen and oxygen atoms in total. The van der Waals surface area contributed by atoms with Crippen molar-refractivity contribution < 1.29 is 4.79 Å². The van der Waals surface area contributed by atoms with Crippen molar-refractivity contribution in [2.45, 2.75) is 90.4 Å². The Balaban J connectivity index is 1.73. The van der Waals surface area contributed by atoms with Crippen LogP contribution in [0.5, 0.6) is 0 Å². The second kappa shape index (κ2) is 14.0. The van der Waals surface area contributed by atoms with Gasteiger partial charge in [0.05, 0.1) is 5.92 Å². The molecule has 0 aliphatic carbocycles. The largest absolute Gasteiger partial charge is 0.356 e. The van der Waals surface area contributed by atoms with Crippen LogP contribution in [0.1, 0.15) is 90.4 Å². The maximum absolute atomic E-state index is 11.8. The van der Waals surface area contributed by atoms with E-state index in [0.29, 0.717) is 0 Å². The second-order valence-corrected chi connectivity index (χ2v) is 6.87. The third-order valence-corrected chi connectivity index (χ3v) is 4.76. The van der Waals surface area contributed by atoms with Gasteiger partial charge in [-0.2, -0.15) is 0 Å². The fraction of sp³-hybridized carbons (Fsp3) is 0.947. The summed E-state index contributed by atoms with van der Waals surface area (Å²) in [6.07, 6.45) is 17.4. The Morgan fingerprint density at radius 2 is 1.45 bits per heavy atom. The molecule has 22 heavy (non-hydrogen) atoms. The summed E-state index contributed by atoms with van der Waals surface area (Å²) in [5.41, 5.74) is 0. The first-order valence-corrected chi connectivity index (χ1v) is 9.83. The summed E-state index contributed by atoms with van der Waals surface area (Å²) < 4.78 is 0. The third-order valence-electron chi connectivity index (χ3n) is 4.76. The van der Waals surface area contributed by atoms with Gasteiger partial charge in [0.1, 0.15) is 0 Å². The molecule has 1 rings (SSSR count). The molecule has 0 aromatic heterocycles. The molecule has 1 aliphatic rings. The summed E-state index contributed by atoms with van der Waals surface area (Å²) in [5.74, 6) is 0.477. The summed E-state index contributed by atoms with van der Waals surface area (Å²) in [6.45, 7) is 5.01. The number of nitrogens with one attached hydrogen (secondary N) is 2. The zero-order chi connectivity index (χ0) is 15.9. The fourth-order valence-electron chi connectivity index (χ4n) is 3.20. The highest BCUT2D eigenvalue weighted by atomic mass is 16.1. The van der Waals surface area contributed by atoms with Crippen molar-refractivity contribution in [2.24, 2.45) is 5.92 Å². The van der Waals surface area contributed by atoms with Crippen LogP contribution in [0, 0.1) is 5.92 Å². The molecule has 1 aliphatic heterocycles. The summed E-state index contributed by atoms with van der Waals surface area (Å²) in [7, 11) is 0. The quantitative estimate of drug-likeness (QED) is 0.467. The van der Waals surface area contributed by atoms with Crippen molar-refractivity contribution in [1.82, 2.24) is 10.6 Å². The second-order valence-electron chi connectivity index (χ2n) is 6.87. The number of rotatable bonds is 14. The van der Waals surface area contributed by atoms with Crippen molar-refractivity contribution >= 4 is 5.91 Å². The van der Waals surface area contributed by atoms with Gasteiger partial charge in [0.2, 0.25) is 5.91 Å². The number of amides is 1. The van der Waals surface area contributed by atoms with E-state index in [1.165, 1.54) is 70.6 Å². The first-order valence-electron chi connectivity index (χ1n) is 9.83. The van der Waals surface area contributed by atoms with Gasteiger partial charge in [0, 0.05) is 13.1 Å². The first-order chi connectivity index (χ1) is 10.8. The molecule has 1 fully saturated rings. The molecule has 0 saturated carbocycles. The average molecular weight is 311 g/mol. The lowest BCUT2D eigenvalue weighted by molar-refractivity contribution is -0.124. The lowest BCUT2D eigenvalue weighted by Crippen LogP contribution is -2.32. The standard InChI is InChI=1S/C19H38N2O/c1-2-3-4-5-6-7-8-9-10-11-12-13-15-21-19(22)18-14-16-20-17-18/h18,20H,2-17H2,1H3,(H,21,22)/t18-/m1/s1. The van der Waals surface area contributed by atoms with Gasteiger partial charge in [-0.1, -0.05) is 77.6 Å². The summed E-state index contributed by atoms with van der Waals surface area (Å²) in [5, 5.41) is 6.32. The van der Waals surface area contributed by atoms with E-state index < -0.39 is 0 Å². The van der Waals surface area contributed by atoms with Crippen LogP contribution in [0.3, 0.4) is 0 Å². The van der Waals surface area contributed by atoms with Crippen LogP contribution in [0.25, 0.3) is 0 Å². The lowest BCUT2D eigenvalue weighted by Gasteiger charge is -2.09. The maximum Gasteiger partial charge on any atom is 0.224 e. The molecule has 0 bridgehead atoms. The zero-order valence-corrected chi connectivity index (χ0v) is 14.8. The van der Waals surface area contributed by atoms with Gasteiger partial charge in [-0.15, -0.1) is 0 Å². The molecular weight excluding hydrogens is 272 g/mol. The Morgan fingerprint density at radius 1 is 0.909 bits per heavy atom. The summed E-state index contributed by atoms with van der Waals surface area (Å²) in [4.78, 5) is 11.8. The van der Waals surface area contributed by atoms with Gasteiger partial charge in [-0.05, 0) is 19.4 Å². The van der Waals surface area contributed by atoms with E-state index in [2.05, 4.69) is 17.6 Å². The molecule has 0 aromatic carbocycles. The predicted octanol–water partition coefficient (Wildman–Crippen LogP) is 4.41. The molecule has 1 saturated heterocycles. The molecule has 0 spiro atoms. The van der Waals surface area contributed by atoms with Gasteiger partial charge >= 0.3 is 0 Å². The number of unbranched alkanes of at least 4 members (excludes halogenated alkanes) is 11. The molecule has 2 N–H and O–H groups in total. The highest BCUT2D eigenvalue weighted by Gasteiger charge is 2.21. The molecule has 1 heterocycles. The minimum Gasteiger partial charge on any atom is -0.356 e. The van der Waals surface area contributed by atoms with E-state index in [4.69, 9.17) is 0 Å². The molecule has 130 valence electrons. The summed E-state index contributed by atoms with van der Waals surface area (Å²) in [6, 6.07) is 0. The van der Waals surface area contributed by atoms with E-state index >= 15 is 0 Å². The molecule has 1 amide bonds. The van der Waals surface area contributed by atoms with Crippen LogP contribution in [0.4, 0.5) is 0 Å². The van der Waals surface area contributed by atoms with Gasteiger partial charge in [0.15, 0.2) is 0 Å². The Labute approximate surface area is 138 Å². The van der Waals surface area contributed by atoms with E-state index in [9.17, 15) is 4.79 Å². The first kappa shape index (κ1) is 19.5. The topological polar surface area (TPSA) is 41.1 Å². The van der Waals surface area contributed by atoms with Crippen molar-refractivity contribution in [2.75, 3.05) is 19.6 Å². The fourth-order valence-corrected chi connectivity index (χ4v) is 3.20. The Kier molecular flexibility index (Phi) is 12.4. The van der Waals surface area contributed by atoms with Crippen LogP contribution < -0.4 is 10.6 Å². The van der Waals surface area contributed by atoms with Crippen molar-refractivity contribution in [3.8, 4) is 0 Å².